The third-order valence-electron chi connectivity index (χ3n) is 4.71. The molecule has 1 atom stereocenters. The lowest BCUT2D eigenvalue weighted by Crippen LogP contribution is -2.34. The van der Waals surface area contributed by atoms with E-state index in [0.29, 0.717) is 10.9 Å². The van der Waals surface area contributed by atoms with Crippen molar-refractivity contribution in [2.45, 2.75) is 19.5 Å². The second kappa shape index (κ2) is 7.03. The van der Waals surface area contributed by atoms with E-state index in [-0.39, 0.29) is 24.1 Å². The number of nitrogens with one attached hydrogen (secondary N) is 1. The molecule has 0 saturated carbocycles. The zero-order chi connectivity index (χ0) is 18.8. The largest absolute Gasteiger partial charge is 0.348 e. The minimum atomic E-state index is -0.227. The molecule has 0 saturated heterocycles. The first-order valence-electron chi connectivity index (χ1n) is 8.85. The van der Waals surface area contributed by atoms with Gasteiger partial charge in [-0.1, -0.05) is 54.6 Å². The third-order valence-corrected chi connectivity index (χ3v) is 4.71. The van der Waals surface area contributed by atoms with Gasteiger partial charge < -0.3 is 5.32 Å². The molecule has 3 aromatic carbocycles. The predicted octanol–water partition coefficient (Wildman–Crippen LogP) is 3.43. The third kappa shape index (κ3) is 3.31. The number of aromatic nitrogens is 2. The smallest absolute Gasteiger partial charge is 0.261 e. The molecule has 0 aliphatic carbocycles. The van der Waals surface area contributed by atoms with E-state index in [9.17, 15) is 9.59 Å². The minimum Gasteiger partial charge on any atom is -0.348 e. The quantitative estimate of drug-likeness (QED) is 0.609. The summed E-state index contributed by atoms with van der Waals surface area (Å²) in [5, 5.41) is 5.73. The maximum Gasteiger partial charge on any atom is 0.261 e. The Balaban J connectivity index is 1.56. The Morgan fingerprint density at radius 2 is 1.70 bits per heavy atom. The molecule has 0 aliphatic rings. The van der Waals surface area contributed by atoms with Gasteiger partial charge >= 0.3 is 0 Å². The number of carbonyl (C=O) groups is 1. The van der Waals surface area contributed by atoms with E-state index in [1.807, 2.05) is 55.5 Å². The molecule has 1 aromatic heterocycles. The zero-order valence-electron chi connectivity index (χ0n) is 14.9. The van der Waals surface area contributed by atoms with Gasteiger partial charge in [0, 0.05) is 0 Å². The summed E-state index contributed by atoms with van der Waals surface area (Å²) in [5.41, 5.74) is 1.46. The van der Waals surface area contributed by atoms with Crippen LogP contribution in [0.2, 0.25) is 0 Å². The first-order chi connectivity index (χ1) is 13.1. The molecule has 134 valence electrons. The van der Waals surface area contributed by atoms with Gasteiger partial charge in [-0.05, 0) is 35.4 Å². The van der Waals surface area contributed by atoms with Crippen molar-refractivity contribution in [3.63, 3.8) is 0 Å². The van der Waals surface area contributed by atoms with Crippen molar-refractivity contribution in [1.29, 1.82) is 0 Å². The molecule has 1 unspecified atom stereocenters. The molecule has 0 radical (unpaired) electrons. The van der Waals surface area contributed by atoms with Crippen molar-refractivity contribution in [1.82, 2.24) is 14.9 Å². The van der Waals surface area contributed by atoms with Crippen LogP contribution in [0.1, 0.15) is 18.5 Å². The second-order valence-corrected chi connectivity index (χ2v) is 6.55. The Labute approximate surface area is 156 Å². The monoisotopic (exact) mass is 357 g/mol. The lowest BCUT2D eigenvalue weighted by molar-refractivity contribution is -0.122. The topological polar surface area (TPSA) is 64.0 Å². The van der Waals surface area contributed by atoms with Gasteiger partial charge in [-0.2, -0.15) is 0 Å². The Hall–Kier alpha value is -3.47. The van der Waals surface area contributed by atoms with Gasteiger partial charge in [0.05, 0.1) is 23.3 Å². The highest BCUT2D eigenvalue weighted by Gasteiger charge is 2.14. The predicted molar refractivity (Wildman–Crippen MR) is 107 cm³/mol. The van der Waals surface area contributed by atoms with Crippen LogP contribution in [-0.4, -0.2) is 15.5 Å². The molecule has 0 fully saturated rings. The van der Waals surface area contributed by atoms with Gasteiger partial charge in [0.15, 0.2) is 0 Å². The molecule has 0 spiro atoms. The Morgan fingerprint density at radius 3 is 2.56 bits per heavy atom. The molecule has 27 heavy (non-hydrogen) atoms. The molecular weight excluding hydrogens is 338 g/mol. The van der Waals surface area contributed by atoms with E-state index >= 15 is 0 Å². The molecule has 0 aliphatic heterocycles. The standard InChI is InChI=1S/C22H19N3O2/c1-15(17-11-6-8-16-7-2-3-9-18(16)17)24-21(26)13-25-14-23-20-12-5-4-10-19(20)22(25)27/h2-12,14-15H,13H2,1H3,(H,24,26). The van der Waals surface area contributed by atoms with Crippen LogP contribution in [0.4, 0.5) is 0 Å². The van der Waals surface area contributed by atoms with E-state index in [0.717, 1.165) is 16.3 Å². The normalized spacial score (nSPS) is 12.2. The van der Waals surface area contributed by atoms with Crippen LogP contribution in [0, 0.1) is 0 Å². The zero-order valence-corrected chi connectivity index (χ0v) is 14.9. The summed E-state index contributed by atoms with van der Waals surface area (Å²) in [7, 11) is 0. The van der Waals surface area contributed by atoms with Gasteiger partial charge in [-0.3, -0.25) is 14.2 Å². The molecule has 5 heteroatoms. The van der Waals surface area contributed by atoms with Crippen LogP contribution in [0.5, 0.6) is 0 Å². The van der Waals surface area contributed by atoms with Gasteiger partial charge in [0.25, 0.3) is 5.56 Å². The van der Waals surface area contributed by atoms with Gasteiger partial charge in [-0.15, -0.1) is 0 Å². The Morgan fingerprint density at radius 1 is 1.00 bits per heavy atom. The molecule has 1 amide bonds. The summed E-state index contributed by atoms with van der Waals surface area (Å²) in [5.74, 6) is -0.227. The lowest BCUT2D eigenvalue weighted by atomic mass is 10.00. The lowest BCUT2D eigenvalue weighted by Gasteiger charge is -2.17. The number of rotatable bonds is 4. The fourth-order valence-corrected chi connectivity index (χ4v) is 3.37. The fraction of sp³-hybridized carbons (Fsp3) is 0.136. The Bertz CT molecular complexity index is 1190. The SMILES string of the molecule is CC(NC(=O)Cn1cnc2ccccc2c1=O)c1cccc2ccccc12. The fourth-order valence-electron chi connectivity index (χ4n) is 3.37. The molecule has 4 aromatic rings. The van der Waals surface area contributed by atoms with Crippen LogP contribution in [0.25, 0.3) is 21.7 Å². The average molecular weight is 357 g/mol. The summed E-state index contributed by atoms with van der Waals surface area (Å²) >= 11 is 0. The van der Waals surface area contributed by atoms with Crippen molar-refractivity contribution in [2.75, 3.05) is 0 Å². The minimum absolute atomic E-state index is 0.0637. The molecule has 5 nitrogen and oxygen atoms in total. The number of amides is 1. The van der Waals surface area contributed by atoms with Crippen molar-refractivity contribution in [3.8, 4) is 0 Å². The second-order valence-electron chi connectivity index (χ2n) is 6.55. The maximum atomic E-state index is 12.5. The van der Waals surface area contributed by atoms with Crippen molar-refractivity contribution < 1.29 is 4.79 Å². The summed E-state index contributed by atoms with van der Waals surface area (Å²) in [6.45, 7) is 1.88. The number of fused-ring (bicyclic) bond motifs is 2. The molecule has 1 heterocycles. The van der Waals surface area contributed by atoms with Gasteiger partial charge in [0.2, 0.25) is 5.91 Å². The average Bonchev–Trinajstić information content (AvgIpc) is 2.70. The van der Waals surface area contributed by atoms with E-state index in [1.165, 1.54) is 10.9 Å². The van der Waals surface area contributed by atoms with E-state index in [1.54, 1.807) is 18.2 Å². The van der Waals surface area contributed by atoms with Crippen LogP contribution >= 0.6 is 0 Å². The van der Waals surface area contributed by atoms with Crippen LogP contribution in [-0.2, 0) is 11.3 Å². The van der Waals surface area contributed by atoms with Gasteiger partial charge in [-0.25, -0.2) is 4.98 Å². The summed E-state index contributed by atoms with van der Waals surface area (Å²) in [4.78, 5) is 29.3. The summed E-state index contributed by atoms with van der Waals surface area (Å²) in [6.07, 6.45) is 1.42. The number of benzene rings is 3. The number of carbonyl (C=O) groups excluding carboxylic acids is 1. The van der Waals surface area contributed by atoms with Crippen LogP contribution in [0.15, 0.2) is 77.9 Å². The van der Waals surface area contributed by atoms with E-state index in [4.69, 9.17) is 0 Å². The molecule has 0 bridgehead atoms. The number of hydrogen-bond acceptors (Lipinski definition) is 3. The summed E-state index contributed by atoms with van der Waals surface area (Å²) in [6, 6.07) is 21.1. The molecule has 4 rings (SSSR count). The Kier molecular flexibility index (Phi) is 4.42. The van der Waals surface area contributed by atoms with Crippen molar-refractivity contribution in [3.05, 3.63) is 89.0 Å². The van der Waals surface area contributed by atoms with E-state index < -0.39 is 0 Å². The first kappa shape index (κ1) is 17.0. The highest BCUT2D eigenvalue weighted by atomic mass is 16.2. The van der Waals surface area contributed by atoms with Crippen LogP contribution < -0.4 is 10.9 Å². The highest BCUT2D eigenvalue weighted by molar-refractivity contribution is 5.87. The molecule has 1 N–H and O–H groups in total. The van der Waals surface area contributed by atoms with E-state index in [2.05, 4.69) is 10.3 Å². The van der Waals surface area contributed by atoms with Gasteiger partial charge in [0.1, 0.15) is 6.54 Å². The van der Waals surface area contributed by atoms with Crippen molar-refractivity contribution in [2.24, 2.45) is 0 Å². The first-order valence-corrected chi connectivity index (χ1v) is 8.85. The number of para-hydroxylation sites is 1. The van der Waals surface area contributed by atoms with Crippen molar-refractivity contribution >= 4 is 27.6 Å². The summed E-state index contributed by atoms with van der Waals surface area (Å²) < 4.78 is 1.34. The van der Waals surface area contributed by atoms with Crippen LogP contribution in [0.3, 0.4) is 0 Å². The highest BCUT2D eigenvalue weighted by Crippen LogP contribution is 2.23. The molecular formula is C22H19N3O2. The number of nitrogens with zero attached hydrogens (tertiary/aromatic N) is 2. The maximum absolute atomic E-state index is 12.5. The number of hydrogen-bond donors (Lipinski definition) is 1.